The van der Waals surface area contributed by atoms with E-state index >= 15 is 0 Å². The van der Waals surface area contributed by atoms with E-state index in [1.165, 1.54) is 18.4 Å². The molecule has 26 heavy (non-hydrogen) atoms. The summed E-state index contributed by atoms with van der Waals surface area (Å²) in [6.45, 7) is 2.10. The average Bonchev–Trinajstić information content (AvgIpc) is 3.37. The highest BCUT2D eigenvalue weighted by atomic mass is 79.9. The summed E-state index contributed by atoms with van der Waals surface area (Å²) in [5.41, 5.74) is 1.18. The second-order valence-corrected chi connectivity index (χ2v) is 7.51. The molecule has 0 aliphatic heterocycles. The summed E-state index contributed by atoms with van der Waals surface area (Å²) in [7, 11) is 1.75. The van der Waals surface area contributed by atoms with Gasteiger partial charge in [0, 0.05) is 24.5 Å². The molecule has 0 amide bonds. The normalized spacial score (nSPS) is 15.7. The van der Waals surface area contributed by atoms with Crippen LogP contribution in [0.2, 0.25) is 0 Å². The quantitative estimate of drug-likeness (QED) is 0.479. The maximum atomic E-state index is 5.40. The van der Waals surface area contributed by atoms with Crippen molar-refractivity contribution in [1.82, 2.24) is 10.6 Å². The highest BCUT2D eigenvalue weighted by Crippen LogP contribution is 2.32. The average molecular weight is 420 g/mol. The SMILES string of the molecule is COCC(NC(=NCc1ccc(Br)cc1)NCCc1ccco1)C1CC1. The Kier molecular flexibility index (Phi) is 7.14. The molecule has 1 fully saturated rings. The van der Waals surface area contributed by atoms with Crippen molar-refractivity contribution >= 4 is 21.9 Å². The van der Waals surface area contributed by atoms with E-state index in [-0.39, 0.29) is 0 Å². The first-order valence-electron chi connectivity index (χ1n) is 9.05. The van der Waals surface area contributed by atoms with Crippen molar-refractivity contribution in [3.8, 4) is 0 Å². The second kappa shape index (κ2) is 9.78. The fourth-order valence-electron chi connectivity index (χ4n) is 2.82. The van der Waals surface area contributed by atoms with Crippen LogP contribution in [-0.4, -0.2) is 32.3 Å². The van der Waals surface area contributed by atoms with E-state index in [2.05, 4.69) is 38.7 Å². The van der Waals surface area contributed by atoms with Crippen LogP contribution >= 0.6 is 15.9 Å². The molecule has 1 unspecified atom stereocenters. The first-order valence-corrected chi connectivity index (χ1v) is 9.84. The molecule has 1 atom stereocenters. The summed E-state index contributed by atoms with van der Waals surface area (Å²) < 4.78 is 11.9. The lowest BCUT2D eigenvalue weighted by Gasteiger charge is -2.21. The molecule has 1 heterocycles. The van der Waals surface area contributed by atoms with Crippen molar-refractivity contribution in [2.24, 2.45) is 10.9 Å². The smallest absolute Gasteiger partial charge is 0.191 e. The Morgan fingerprint density at radius 2 is 2.12 bits per heavy atom. The third-order valence-corrected chi connectivity index (χ3v) is 4.96. The van der Waals surface area contributed by atoms with Crippen LogP contribution < -0.4 is 10.6 Å². The fraction of sp³-hybridized carbons (Fsp3) is 0.450. The molecule has 2 N–H and O–H groups in total. The predicted molar refractivity (Wildman–Crippen MR) is 107 cm³/mol. The zero-order chi connectivity index (χ0) is 18.2. The highest BCUT2D eigenvalue weighted by molar-refractivity contribution is 9.10. The van der Waals surface area contributed by atoms with Crippen molar-refractivity contribution in [3.63, 3.8) is 0 Å². The van der Waals surface area contributed by atoms with Crippen LogP contribution in [0.1, 0.15) is 24.2 Å². The lowest BCUT2D eigenvalue weighted by molar-refractivity contribution is 0.165. The van der Waals surface area contributed by atoms with Crippen LogP contribution in [0.5, 0.6) is 0 Å². The Labute approximate surface area is 163 Å². The number of aliphatic imine (C=N–C) groups is 1. The van der Waals surface area contributed by atoms with Crippen LogP contribution in [0.25, 0.3) is 0 Å². The number of nitrogens with zero attached hydrogens (tertiary/aromatic N) is 1. The summed E-state index contributed by atoms with van der Waals surface area (Å²) in [5, 5.41) is 6.98. The molecule has 0 bridgehead atoms. The molecule has 6 heteroatoms. The maximum Gasteiger partial charge on any atom is 0.191 e. The Morgan fingerprint density at radius 1 is 1.31 bits per heavy atom. The Balaban J connectivity index is 1.60. The van der Waals surface area contributed by atoms with Crippen molar-refractivity contribution in [1.29, 1.82) is 0 Å². The van der Waals surface area contributed by atoms with E-state index in [4.69, 9.17) is 14.1 Å². The molecule has 140 valence electrons. The first-order chi connectivity index (χ1) is 12.7. The Hall–Kier alpha value is -1.79. The molecule has 1 saturated carbocycles. The standard InChI is InChI=1S/C20H26BrN3O2/c1-25-14-19(16-6-7-16)24-20(22-11-10-18-3-2-12-26-18)23-13-15-4-8-17(21)9-5-15/h2-5,8-9,12,16,19H,6-7,10-11,13-14H2,1H3,(H2,22,23,24). The second-order valence-electron chi connectivity index (χ2n) is 6.59. The van der Waals surface area contributed by atoms with Gasteiger partial charge in [0.2, 0.25) is 0 Å². The van der Waals surface area contributed by atoms with Gasteiger partial charge in [-0.05, 0) is 48.6 Å². The minimum atomic E-state index is 0.305. The number of halogens is 1. The number of furan rings is 1. The van der Waals surface area contributed by atoms with Gasteiger partial charge in [0.05, 0.1) is 25.5 Å². The number of guanidine groups is 1. The van der Waals surface area contributed by atoms with Gasteiger partial charge in [-0.1, -0.05) is 28.1 Å². The molecule has 1 aliphatic carbocycles. The van der Waals surface area contributed by atoms with Gasteiger partial charge in [0.15, 0.2) is 5.96 Å². The number of benzene rings is 1. The highest BCUT2D eigenvalue weighted by Gasteiger charge is 2.31. The topological polar surface area (TPSA) is 58.8 Å². The molecule has 3 rings (SSSR count). The van der Waals surface area contributed by atoms with Gasteiger partial charge >= 0.3 is 0 Å². The van der Waals surface area contributed by atoms with Crippen molar-refractivity contribution in [2.45, 2.75) is 31.8 Å². The summed E-state index contributed by atoms with van der Waals surface area (Å²) in [5.74, 6) is 2.48. The van der Waals surface area contributed by atoms with E-state index in [0.29, 0.717) is 25.1 Å². The molecule has 1 aromatic heterocycles. The Bertz CT molecular complexity index is 682. The number of rotatable bonds is 9. The van der Waals surface area contributed by atoms with E-state index < -0.39 is 0 Å². The monoisotopic (exact) mass is 419 g/mol. The van der Waals surface area contributed by atoms with Crippen LogP contribution in [0.15, 0.2) is 56.5 Å². The number of hydrogen-bond donors (Lipinski definition) is 2. The lowest BCUT2D eigenvalue weighted by atomic mass is 10.2. The summed E-state index contributed by atoms with van der Waals surface area (Å²) in [6, 6.07) is 12.5. The third-order valence-electron chi connectivity index (χ3n) is 4.44. The number of methoxy groups -OCH3 is 1. The number of hydrogen-bond acceptors (Lipinski definition) is 3. The van der Waals surface area contributed by atoms with E-state index in [0.717, 1.165) is 29.2 Å². The molecular formula is C20H26BrN3O2. The van der Waals surface area contributed by atoms with Crippen molar-refractivity contribution in [2.75, 3.05) is 20.3 Å². The number of nitrogens with one attached hydrogen (secondary N) is 2. The molecule has 0 saturated heterocycles. The molecule has 0 radical (unpaired) electrons. The zero-order valence-corrected chi connectivity index (χ0v) is 16.7. The van der Waals surface area contributed by atoms with Crippen molar-refractivity contribution in [3.05, 3.63) is 58.5 Å². The van der Waals surface area contributed by atoms with Gasteiger partial charge in [0.1, 0.15) is 5.76 Å². The third kappa shape index (κ3) is 6.18. The molecule has 2 aromatic rings. The van der Waals surface area contributed by atoms with Gasteiger partial charge in [-0.3, -0.25) is 0 Å². The van der Waals surface area contributed by atoms with Gasteiger partial charge in [0.25, 0.3) is 0 Å². The first kappa shape index (κ1) is 19.0. The summed E-state index contributed by atoms with van der Waals surface area (Å²) >= 11 is 3.47. The minimum absolute atomic E-state index is 0.305. The van der Waals surface area contributed by atoms with Crippen LogP contribution in [-0.2, 0) is 17.7 Å². The van der Waals surface area contributed by atoms with Gasteiger partial charge in [-0.15, -0.1) is 0 Å². The summed E-state index contributed by atoms with van der Waals surface area (Å²) in [6.07, 6.45) is 5.04. The van der Waals surface area contributed by atoms with E-state index in [9.17, 15) is 0 Å². The molecule has 1 aliphatic rings. The molecular weight excluding hydrogens is 394 g/mol. The minimum Gasteiger partial charge on any atom is -0.469 e. The largest absolute Gasteiger partial charge is 0.469 e. The fourth-order valence-corrected chi connectivity index (χ4v) is 3.09. The lowest BCUT2D eigenvalue weighted by Crippen LogP contribution is -2.47. The maximum absolute atomic E-state index is 5.40. The van der Waals surface area contributed by atoms with Gasteiger partial charge < -0.3 is 19.8 Å². The van der Waals surface area contributed by atoms with Crippen LogP contribution in [0, 0.1) is 5.92 Å². The zero-order valence-electron chi connectivity index (χ0n) is 15.1. The summed E-state index contributed by atoms with van der Waals surface area (Å²) in [4.78, 5) is 4.77. The van der Waals surface area contributed by atoms with Crippen LogP contribution in [0.4, 0.5) is 0 Å². The van der Waals surface area contributed by atoms with Crippen LogP contribution in [0.3, 0.4) is 0 Å². The van der Waals surface area contributed by atoms with Crippen molar-refractivity contribution < 1.29 is 9.15 Å². The van der Waals surface area contributed by atoms with Gasteiger partial charge in [-0.25, -0.2) is 4.99 Å². The van der Waals surface area contributed by atoms with E-state index in [1.807, 2.05) is 24.3 Å². The van der Waals surface area contributed by atoms with Gasteiger partial charge in [-0.2, -0.15) is 0 Å². The predicted octanol–water partition coefficient (Wildman–Crippen LogP) is 3.75. The molecule has 0 spiro atoms. The molecule has 5 nitrogen and oxygen atoms in total. The Morgan fingerprint density at radius 3 is 2.77 bits per heavy atom. The molecule has 1 aromatic carbocycles. The van der Waals surface area contributed by atoms with E-state index in [1.54, 1.807) is 13.4 Å². The number of ether oxygens (including phenoxy) is 1.